The summed E-state index contributed by atoms with van der Waals surface area (Å²) < 4.78 is 10.4. The standard InChI is InChI=1S/C22H26Cl2N4O5/c1-5-32-20(30)18-19(26-17-12-15(24)14(23)11-16(17)25-18)27-7-6-8-28(10-9-27)21(31)22(3,4)33-13(2)29/h11-12H,5-10H2,1-4H3. The van der Waals surface area contributed by atoms with Gasteiger partial charge in [0.05, 0.1) is 27.7 Å². The number of carbonyl (C=O) groups excluding carboxylic acids is 3. The Balaban J connectivity index is 1.92. The minimum Gasteiger partial charge on any atom is -0.461 e. The van der Waals surface area contributed by atoms with Crippen LogP contribution in [0.5, 0.6) is 0 Å². The number of ether oxygens (including phenoxy) is 2. The Morgan fingerprint density at radius 1 is 1.03 bits per heavy atom. The molecule has 1 fully saturated rings. The molecule has 1 aliphatic heterocycles. The van der Waals surface area contributed by atoms with Gasteiger partial charge < -0.3 is 19.3 Å². The average Bonchev–Trinajstić information content (AvgIpc) is 2.98. The number of esters is 2. The zero-order chi connectivity index (χ0) is 24.3. The largest absolute Gasteiger partial charge is 0.461 e. The van der Waals surface area contributed by atoms with Gasteiger partial charge in [0, 0.05) is 33.1 Å². The zero-order valence-corrected chi connectivity index (χ0v) is 20.5. The van der Waals surface area contributed by atoms with Gasteiger partial charge in [0.1, 0.15) is 0 Å². The van der Waals surface area contributed by atoms with Gasteiger partial charge in [-0.3, -0.25) is 9.59 Å². The van der Waals surface area contributed by atoms with Crippen molar-refractivity contribution in [2.45, 2.75) is 39.7 Å². The van der Waals surface area contributed by atoms with E-state index in [-0.39, 0.29) is 18.2 Å². The smallest absolute Gasteiger partial charge is 0.360 e. The summed E-state index contributed by atoms with van der Waals surface area (Å²) in [5.41, 5.74) is -0.287. The molecule has 2 heterocycles. The fraction of sp³-hybridized carbons (Fsp3) is 0.500. The second-order valence-corrected chi connectivity index (χ2v) is 8.92. The number of halogens is 2. The van der Waals surface area contributed by atoms with Crippen LogP contribution in [0.15, 0.2) is 12.1 Å². The van der Waals surface area contributed by atoms with E-state index in [1.54, 1.807) is 37.8 Å². The normalized spacial score (nSPS) is 14.7. The third kappa shape index (κ3) is 5.65. The molecule has 0 bridgehead atoms. The molecule has 11 heteroatoms. The number of amides is 1. The monoisotopic (exact) mass is 496 g/mol. The predicted molar refractivity (Wildman–Crippen MR) is 125 cm³/mol. The van der Waals surface area contributed by atoms with Gasteiger partial charge in [-0.15, -0.1) is 0 Å². The Labute approximate surface area is 201 Å². The fourth-order valence-corrected chi connectivity index (χ4v) is 4.03. The molecule has 0 atom stereocenters. The van der Waals surface area contributed by atoms with Crippen LogP contribution in [-0.4, -0.2) is 71.1 Å². The highest BCUT2D eigenvalue weighted by molar-refractivity contribution is 6.42. The molecule has 0 aliphatic carbocycles. The third-order valence-corrected chi connectivity index (χ3v) is 5.88. The quantitative estimate of drug-likeness (QED) is 0.579. The Morgan fingerprint density at radius 2 is 1.67 bits per heavy atom. The summed E-state index contributed by atoms with van der Waals surface area (Å²) in [4.78, 5) is 49.7. The highest BCUT2D eigenvalue weighted by Crippen LogP contribution is 2.29. The van der Waals surface area contributed by atoms with Crippen molar-refractivity contribution in [1.29, 1.82) is 0 Å². The summed E-state index contributed by atoms with van der Waals surface area (Å²) in [5.74, 6) is -1.04. The highest BCUT2D eigenvalue weighted by atomic mass is 35.5. The van der Waals surface area contributed by atoms with Crippen molar-refractivity contribution in [2.24, 2.45) is 0 Å². The second kappa shape index (κ2) is 10.1. The Morgan fingerprint density at radius 3 is 2.27 bits per heavy atom. The number of hydrogen-bond acceptors (Lipinski definition) is 8. The van der Waals surface area contributed by atoms with Gasteiger partial charge in [0.25, 0.3) is 5.91 Å². The average molecular weight is 497 g/mol. The first-order valence-electron chi connectivity index (χ1n) is 10.6. The lowest BCUT2D eigenvalue weighted by molar-refractivity contribution is -0.168. The Bertz CT molecular complexity index is 1090. The maximum atomic E-state index is 13.0. The lowest BCUT2D eigenvalue weighted by Crippen LogP contribution is -2.48. The van der Waals surface area contributed by atoms with Crippen LogP contribution in [-0.2, 0) is 19.1 Å². The molecular weight excluding hydrogens is 471 g/mol. The minimum absolute atomic E-state index is 0.0720. The number of aromatic nitrogens is 2. The number of carbonyl (C=O) groups is 3. The number of nitrogens with zero attached hydrogens (tertiary/aromatic N) is 4. The van der Waals surface area contributed by atoms with Crippen molar-refractivity contribution >= 4 is 57.9 Å². The number of anilines is 1. The molecule has 3 rings (SSSR count). The van der Waals surface area contributed by atoms with E-state index in [1.165, 1.54) is 6.92 Å². The zero-order valence-electron chi connectivity index (χ0n) is 19.0. The second-order valence-electron chi connectivity index (χ2n) is 8.11. The number of hydrogen-bond donors (Lipinski definition) is 0. The van der Waals surface area contributed by atoms with E-state index in [0.29, 0.717) is 59.5 Å². The van der Waals surface area contributed by atoms with Crippen LogP contribution in [0.4, 0.5) is 5.82 Å². The van der Waals surface area contributed by atoms with Gasteiger partial charge in [0.15, 0.2) is 17.1 Å². The van der Waals surface area contributed by atoms with Crippen molar-refractivity contribution < 1.29 is 23.9 Å². The van der Waals surface area contributed by atoms with Crippen molar-refractivity contribution in [1.82, 2.24) is 14.9 Å². The topological polar surface area (TPSA) is 102 Å². The van der Waals surface area contributed by atoms with Gasteiger partial charge in [-0.25, -0.2) is 14.8 Å². The Kier molecular flexibility index (Phi) is 7.64. The molecule has 0 N–H and O–H groups in total. The van der Waals surface area contributed by atoms with Crippen LogP contribution in [0.25, 0.3) is 11.0 Å². The van der Waals surface area contributed by atoms with Crippen molar-refractivity contribution in [2.75, 3.05) is 37.7 Å². The fourth-order valence-electron chi connectivity index (χ4n) is 3.72. The van der Waals surface area contributed by atoms with Gasteiger partial charge in [-0.05, 0) is 39.3 Å². The molecule has 0 saturated carbocycles. The summed E-state index contributed by atoms with van der Waals surface area (Å²) >= 11 is 12.3. The molecule has 2 aromatic rings. The van der Waals surface area contributed by atoms with Crippen LogP contribution in [0.3, 0.4) is 0 Å². The molecular formula is C22H26Cl2N4O5. The lowest BCUT2D eigenvalue weighted by Gasteiger charge is -2.30. The van der Waals surface area contributed by atoms with Crippen LogP contribution in [0, 0.1) is 0 Å². The Hall–Kier alpha value is -2.65. The van der Waals surface area contributed by atoms with Gasteiger partial charge in [-0.1, -0.05) is 23.2 Å². The van der Waals surface area contributed by atoms with E-state index >= 15 is 0 Å². The van der Waals surface area contributed by atoms with Crippen LogP contribution >= 0.6 is 23.2 Å². The maximum absolute atomic E-state index is 13.0. The van der Waals surface area contributed by atoms with E-state index in [2.05, 4.69) is 9.97 Å². The van der Waals surface area contributed by atoms with Crippen LogP contribution in [0.1, 0.15) is 44.6 Å². The molecule has 0 radical (unpaired) electrons. The summed E-state index contributed by atoms with van der Waals surface area (Å²) in [7, 11) is 0. The predicted octanol–water partition coefficient (Wildman–Crippen LogP) is 3.49. The molecule has 1 aromatic carbocycles. The number of rotatable bonds is 5. The first-order chi connectivity index (χ1) is 15.5. The van der Waals surface area contributed by atoms with Gasteiger partial charge in [0.2, 0.25) is 0 Å². The molecule has 0 unspecified atom stereocenters. The summed E-state index contributed by atoms with van der Waals surface area (Å²) in [5, 5.41) is 0.633. The third-order valence-electron chi connectivity index (χ3n) is 5.15. The maximum Gasteiger partial charge on any atom is 0.360 e. The van der Waals surface area contributed by atoms with Crippen LogP contribution in [0.2, 0.25) is 10.0 Å². The van der Waals surface area contributed by atoms with Crippen molar-refractivity contribution in [3.05, 3.63) is 27.9 Å². The van der Waals surface area contributed by atoms with E-state index < -0.39 is 17.5 Å². The van der Waals surface area contributed by atoms with E-state index in [0.717, 1.165) is 0 Å². The number of fused-ring (bicyclic) bond motifs is 1. The van der Waals surface area contributed by atoms with Crippen LogP contribution < -0.4 is 4.90 Å². The van der Waals surface area contributed by atoms with E-state index in [4.69, 9.17) is 32.7 Å². The summed E-state index contributed by atoms with van der Waals surface area (Å²) in [6.07, 6.45) is 0.616. The molecule has 178 valence electrons. The first-order valence-corrected chi connectivity index (χ1v) is 11.4. The molecule has 1 aromatic heterocycles. The van der Waals surface area contributed by atoms with E-state index in [9.17, 15) is 14.4 Å². The van der Waals surface area contributed by atoms with Gasteiger partial charge in [-0.2, -0.15) is 0 Å². The molecule has 33 heavy (non-hydrogen) atoms. The molecule has 1 amide bonds. The summed E-state index contributed by atoms with van der Waals surface area (Å²) in [6, 6.07) is 3.15. The first kappa shape index (κ1) is 25.0. The van der Waals surface area contributed by atoms with E-state index in [1.807, 2.05) is 4.90 Å². The SMILES string of the molecule is CCOC(=O)c1nc2cc(Cl)c(Cl)cc2nc1N1CCCN(C(=O)C(C)(C)OC(C)=O)CC1. The lowest BCUT2D eigenvalue weighted by atomic mass is 10.1. The van der Waals surface area contributed by atoms with Crippen molar-refractivity contribution in [3.8, 4) is 0 Å². The number of benzene rings is 1. The molecule has 0 spiro atoms. The van der Waals surface area contributed by atoms with Crippen molar-refractivity contribution in [3.63, 3.8) is 0 Å². The molecule has 1 saturated heterocycles. The summed E-state index contributed by atoms with van der Waals surface area (Å²) in [6.45, 7) is 8.07. The minimum atomic E-state index is -1.27. The molecule has 9 nitrogen and oxygen atoms in total. The molecule has 1 aliphatic rings. The highest BCUT2D eigenvalue weighted by Gasteiger charge is 2.36. The van der Waals surface area contributed by atoms with Gasteiger partial charge >= 0.3 is 11.9 Å².